The van der Waals surface area contributed by atoms with Gasteiger partial charge < -0.3 is 10.2 Å². The number of amides is 2. The summed E-state index contributed by atoms with van der Waals surface area (Å²) in [6.45, 7) is 4.11. The van der Waals surface area contributed by atoms with Gasteiger partial charge in [-0.05, 0) is 48.2 Å². The minimum atomic E-state index is -0.739. The number of nitrogens with one attached hydrogen (secondary N) is 1. The van der Waals surface area contributed by atoms with Gasteiger partial charge in [-0.15, -0.1) is 0 Å². The molecule has 6 heteroatoms. The maximum absolute atomic E-state index is 13.6. The Balaban J connectivity index is 1.97. The first-order chi connectivity index (χ1) is 16.4. The van der Waals surface area contributed by atoms with Gasteiger partial charge >= 0.3 is 0 Å². The zero-order valence-corrected chi connectivity index (χ0v) is 20.3. The van der Waals surface area contributed by atoms with Crippen LogP contribution in [0.1, 0.15) is 37.0 Å². The molecule has 2 amide bonds. The van der Waals surface area contributed by atoms with Crippen molar-refractivity contribution in [1.29, 1.82) is 0 Å². The van der Waals surface area contributed by atoms with Crippen LogP contribution in [0.3, 0.4) is 0 Å². The van der Waals surface area contributed by atoms with Crippen molar-refractivity contribution < 1.29 is 14.0 Å². The lowest BCUT2D eigenvalue weighted by molar-refractivity contribution is -0.141. The van der Waals surface area contributed by atoms with Crippen molar-refractivity contribution in [2.75, 3.05) is 0 Å². The quantitative estimate of drug-likeness (QED) is 0.412. The third kappa shape index (κ3) is 7.16. The first kappa shape index (κ1) is 25.4. The maximum atomic E-state index is 13.6. The minimum Gasteiger partial charge on any atom is -0.352 e. The molecule has 178 valence electrons. The van der Waals surface area contributed by atoms with Crippen LogP contribution >= 0.6 is 11.6 Å². The number of carbonyl (C=O) groups excluding carboxylic acids is 2. The van der Waals surface area contributed by atoms with Crippen LogP contribution in [0, 0.1) is 5.82 Å². The van der Waals surface area contributed by atoms with E-state index in [1.807, 2.05) is 62.4 Å². The zero-order chi connectivity index (χ0) is 24.5. The molecular formula is C28H30ClFN2O2. The molecule has 3 aromatic carbocycles. The molecule has 0 saturated carbocycles. The predicted molar refractivity (Wildman–Crippen MR) is 134 cm³/mol. The summed E-state index contributed by atoms with van der Waals surface area (Å²) in [4.78, 5) is 28.7. The Bertz CT molecular complexity index is 1090. The molecule has 0 aliphatic heterocycles. The van der Waals surface area contributed by atoms with Crippen LogP contribution in [0.15, 0.2) is 78.9 Å². The molecule has 0 heterocycles. The molecule has 0 radical (unpaired) electrons. The molecule has 4 nitrogen and oxygen atoms in total. The minimum absolute atomic E-state index is 0.0304. The molecule has 0 aromatic heterocycles. The highest BCUT2D eigenvalue weighted by atomic mass is 35.5. The largest absolute Gasteiger partial charge is 0.352 e. The van der Waals surface area contributed by atoms with E-state index >= 15 is 0 Å². The summed E-state index contributed by atoms with van der Waals surface area (Å²) in [6, 6.07) is 22.0. The second kappa shape index (κ2) is 12.3. The third-order valence-corrected chi connectivity index (χ3v) is 6.21. The maximum Gasteiger partial charge on any atom is 0.243 e. The van der Waals surface area contributed by atoms with Crippen molar-refractivity contribution >= 4 is 23.4 Å². The van der Waals surface area contributed by atoms with Crippen molar-refractivity contribution in [3.63, 3.8) is 0 Å². The lowest BCUT2D eigenvalue weighted by Gasteiger charge is -2.32. The fraction of sp³-hybridized carbons (Fsp3) is 0.286. The van der Waals surface area contributed by atoms with Gasteiger partial charge in [-0.2, -0.15) is 0 Å². The molecule has 0 spiro atoms. The fourth-order valence-corrected chi connectivity index (χ4v) is 3.89. The summed E-state index contributed by atoms with van der Waals surface area (Å²) >= 11 is 6.32. The van der Waals surface area contributed by atoms with Gasteiger partial charge in [0.2, 0.25) is 11.8 Å². The summed E-state index contributed by atoms with van der Waals surface area (Å²) in [6.07, 6.45) is 1.19. The van der Waals surface area contributed by atoms with E-state index in [4.69, 9.17) is 11.6 Å². The van der Waals surface area contributed by atoms with E-state index in [1.165, 1.54) is 12.1 Å². The SMILES string of the molecule is CC[C@H](C)NC(=O)[C@@H](Cc1ccccc1)N(Cc1ccc(F)cc1)C(=O)Cc1ccccc1Cl. The predicted octanol–water partition coefficient (Wildman–Crippen LogP) is 5.58. The second-order valence-electron chi connectivity index (χ2n) is 8.44. The van der Waals surface area contributed by atoms with Crippen LogP contribution in [-0.4, -0.2) is 28.8 Å². The van der Waals surface area contributed by atoms with Gasteiger partial charge in [-0.3, -0.25) is 9.59 Å². The molecule has 2 atom stereocenters. The van der Waals surface area contributed by atoms with Crippen molar-refractivity contribution in [2.45, 2.75) is 51.7 Å². The highest BCUT2D eigenvalue weighted by Gasteiger charge is 2.31. The molecule has 0 saturated heterocycles. The first-order valence-corrected chi connectivity index (χ1v) is 11.9. The Morgan fingerprint density at radius 2 is 1.59 bits per heavy atom. The molecule has 3 rings (SSSR count). The Kier molecular flexibility index (Phi) is 9.23. The van der Waals surface area contributed by atoms with E-state index in [-0.39, 0.29) is 36.6 Å². The summed E-state index contributed by atoms with van der Waals surface area (Å²) < 4.78 is 13.5. The third-order valence-electron chi connectivity index (χ3n) is 5.84. The molecule has 0 fully saturated rings. The average molecular weight is 481 g/mol. The number of benzene rings is 3. The normalized spacial score (nSPS) is 12.6. The van der Waals surface area contributed by atoms with Crippen LogP contribution in [0.5, 0.6) is 0 Å². The van der Waals surface area contributed by atoms with Crippen LogP contribution in [0.4, 0.5) is 4.39 Å². The van der Waals surface area contributed by atoms with Crippen LogP contribution in [0.25, 0.3) is 0 Å². The number of rotatable bonds is 10. The smallest absolute Gasteiger partial charge is 0.243 e. The van der Waals surface area contributed by atoms with Gasteiger partial charge in [0.05, 0.1) is 6.42 Å². The number of halogens is 2. The summed E-state index contributed by atoms with van der Waals surface area (Å²) in [7, 11) is 0. The molecular weight excluding hydrogens is 451 g/mol. The van der Waals surface area contributed by atoms with E-state index in [1.54, 1.807) is 23.1 Å². The topological polar surface area (TPSA) is 49.4 Å². The van der Waals surface area contributed by atoms with Crippen molar-refractivity contribution in [2.24, 2.45) is 0 Å². The number of hydrogen-bond acceptors (Lipinski definition) is 2. The Hall–Kier alpha value is -3.18. The van der Waals surface area contributed by atoms with E-state index in [2.05, 4.69) is 5.32 Å². The van der Waals surface area contributed by atoms with Crippen LogP contribution < -0.4 is 5.32 Å². The van der Waals surface area contributed by atoms with Gasteiger partial charge in [0.1, 0.15) is 11.9 Å². The fourth-order valence-electron chi connectivity index (χ4n) is 3.69. The molecule has 0 unspecified atom stereocenters. The van der Waals surface area contributed by atoms with Gasteiger partial charge in [-0.25, -0.2) is 4.39 Å². The molecule has 34 heavy (non-hydrogen) atoms. The monoisotopic (exact) mass is 480 g/mol. The molecule has 1 N–H and O–H groups in total. The lowest BCUT2D eigenvalue weighted by atomic mass is 10.0. The average Bonchev–Trinajstić information content (AvgIpc) is 2.84. The Labute approximate surface area is 205 Å². The Morgan fingerprint density at radius 1 is 0.941 bits per heavy atom. The lowest BCUT2D eigenvalue weighted by Crippen LogP contribution is -2.52. The van der Waals surface area contributed by atoms with E-state index in [0.29, 0.717) is 17.0 Å². The van der Waals surface area contributed by atoms with E-state index in [0.717, 1.165) is 17.5 Å². The van der Waals surface area contributed by atoms with Crippen molar-refractivity contribution in [1.82, 2.24) is 10.2 Å². The van der Waals surface area contributed by atoms with Gasteiger partial charge in [-0.1, -0.05) is 79.2 Å². The number of nitrogens with zero attached hydrogens (tertiary/aromatic N) is 1. The van der Waals surface area contributed by atoms with E-state index < -0.39 is 6.04 Å². The first-order valence-electron chi connectivity index (χ1n) is 11.5. The van der Waals surface area contributed by atoms with Crippen LogP contribution in [-0.2, 0) is 29.0 Å². The summed E-state index contributed by atoms with van der Waals surface area (Å²) in [5.41, 5.74) is 2.38. The highest BCUT2D eigenvalue weighted by molar-refractivity contribution is 6.31. The van der Waals surface area contributed by atoms with Gasteiger partial charge in [0.15, 0.2) is 0 Å². The van der Waals surface area contributed by atoms with Crippen LogP contribution in [0.2, 0.25) is 5.02 Å². The number of hydrogen-bond donors (Lipinski definition) is 1. The highest BCUT2D eigenvalue weighted by Crippen LogP contribution is 2.20. The molecule has 3 aromatic rings. The van der Waals surface area contributed by atoms with Gasteiger partial charge in [0, 0.05) is 24.0 Å². The van der Waals surface area contributed by atoms with Gasteiger partial charge in [0.25, 0.3) is 0 Å². The van der Waals surface area contributed by atoms with Crippen molar-refractivity contribution in [3.8, 4) is 0 Å². The molecule has 0 aliphatic carbocycles. The molecule has 0 aliphatic rings. The van der Waals surface area contributed by atoms with Crippen molar-refractivity contribution in [3.05, 3.63) is 106 Å². The second-order valence-corrected chi connectivity index (χ2v) is 8.85. The van der Waals surface area contributed by atoms with E-state index in [9.17, 15) is 14.0 Å². The number of carbonyl (C=O) groups is 2. The summed E-state index contributed by atoms with van der Waals surface area (Å²) in [5, 5.41) is 3.54. The Morgan fingerprint density at radius 3 is 2.24 bits per heavy atom. The summed E-state index contributed by atoms with van der Waals surface area (Å²) in [5.74, 6) is -0.793. The molecule has 0 bridgehead atoms. The standard InChI is InChI=1S/C28H30ClFN2O2/c1-3-20(2)31-28(34)26(17-21-9-5-4-6-10-21)32(19-22-13-15-24(30)16-14-22)27(33)18-23-11-7-8-12-25(23)29/h4-16,20,26H,3,17-19H2,1-2H3,(H,31,34)/t20-,26+/m0/s1. The zero-order valence-electron chi connectivity index (χ0n) is 19.5.